The minimum absolute atomic E-state index is 0.179. The van der Waals surface area contributed by atoms with E-state index in [1.165, 1.54) is 20.0 Å². The Morgan fingerprint density at radius 3 is 2.56 bits per heavy atom. The van der Waals surface area contributed by atoms with Crippen LogP contribution in [0.5, 0.6) is 0 Å². The second-order valence-electron chi connectivity index (χ2n) is 4.20. The van der Waals surface area contributed by atoms with E-state index in [-0.39, 0.29) is 5.03 Å². The summed E-state index contributed by atoms with van der Waals surface area (Å²) in [6.07, 6.45) is 1.35. The lowest BCUT2D eigenvalue weighted by Crippen LogP contribution is -2.53. The molecule has 1 heterocycles. The van der Waals surface area contributed by atoms with Gasteiger partial charge in [0.2, 0.25) is 5.91 Å². The summed E-state index contributed by atoms with van der Waals surface area (Å²) >= 11 is 0. The van der Waals surface area contributed by atoms with Crippen molar-refractivity contribution >= 4 is 21.6 Å². The zero-order chi connectivity index (χ0) is 14.0. The molecule has 0 saturated heterocycles. The summed E-state index contributed by atoms with van der Waals surface area (Å²) in [7, 11) is -2.35. The van der Waals surface area contributed by atoms with Gasteiger partial charge >= 0.3 is 0 Å². The second-order valence-corrected chi connectivity index (χ2v) is 5.80. The number of nitrogens with two attached hydrogens (primary N) is 1. The van der Waals surface area contributed by atoms with E-state index < -0.39 is 21.5 Å². The van der Waals surface area contributed by atoms with Crippen LogP contribution in [0, 0.1) is 0 Å². The Hall–Kier alpha value is -1.67. The van der Waals surface area contributed by atoms with Gasteiger partial charge in [0.05, 0.1) is 5.69 Å². The van der Waals surface area contributed by atoms with Crippen LogP contribution in [-0.2, 0) is 14.8 Å². The van der Waals surface area contributed by atoms with Crippen LogP contribution < -0.4 is 15.8 Å². The molecule has 18 heavy (non-hydrogen) atoms. The van der Waals surface area contributed by atoms with Gasteiger partial charge in [-0.1, -0.05) is 0 Å². The first kappa shape index (κ1) is 14.4. The summed E-state index contributed by atoms with van der Waals surface area (Å²) in [6.45, 7) is 2.77. The number of hydrogen-bond acceptors (Lipinski definition) is 5. The van der Waals surface area contributed by atoms with Crippen LogP contribution >= 0.6 is 0 Å². The summed E-state index contributed by atoms with van der Waals surface area (Å²) in [4.78, 5) is 14.9. The van der Waals surface area contributed by atoms with Gasteiger partial charge in [0.1, 0.15) is 5.54 Å². The largest absolute Gasteiger partial charge is 0.386 e. The Bertz CT molecular complexity index is 554. The molecule has 0 aliphatic heterocycles. The minimum atomic E-state index is -3.93. The van der Waals surface area contributed by atoms with E-state index in [1.54, 1.807) is 19.2 Å². The quantitative estimate of drug-likeness (QED) is 0.678. The summed E-state index contributed by atoms with van der Waals surface area (Å²) in [5, 5.41) is 2.54. The number of nitrogens with zero attached hydrogens (tertiary/aromatic N) is 1. The Labute approximate surface area is 106 Å². The molecule has 1 aromatic heterocycles. The lowest BCUT2D eigenvalue weighted by molar-refractivity contribution is -0.122. The smallest absolute Gasteiger partial charge is 0.261 e. The Morgan fingerprint density at radius 1 is 1.44 bits per heavy atom. The Balaban J connectivity index is 3.19. The van der Waals surface area contributed by atoms with Gasteiger partial charge in [-0.25, -0.2) is 13.4 Å². The van der Waals surface area contributed by atoms with Crippen LogP contribution in [0.2, 0.25) is 0 Å². The topological polar surface area (TPSA) is 114 Å². The van der Waals surface area contributed by atoms with E-state index in [1.807, 2.05) is 0 Å². The fourth-order valence-electron chi connectivity index (χ4n) is 1.23. The molecule has 0 radical (unpaired) electrons. The number of nitrogens with one attached hydrogen (secondary N) is 2. The molecule has 0 atom stereocenters. The maximum atomic E-state index is 12.1. The van der Waals surface area contributed by atoms with Gasteiger partial charge in [-0.2, -0.15) is 4.72 Å². The number of carbonyl (C=O) groups excluding carboxylic acids is 1. The molecule has 0 bridgehead atoms. The van der Waals surface area contributed by atoms with Crippen molar-refractivity contribution in [1.29, 1.82) is 0 Å². The highest BCUT2D eigenvalue weighted by molar-refractivity contribution is 7.89. The van der Waals surface area contributed by atoms with Crippen molar-refractivity contribution in [2.45, 2.75) is 24.4 Å². The molecule has 0 saturated carbocycles. The summed E-state index contributed by atoms with van der Waals surface area (Å²) < 4.78 is 26.4. The highest BCUT2D eigenvalue weighted by Crippen LogP contribution is 2.18. The SMILES string of the molecule is CNc1cccnc1S(=O)(=O)NC(C)(C)C(N)=O. The van der Waals surface area contributed by atoms with Crippen LogP contribution in [0.1, 0.15) is 13.8 Å². The molecule has 1 rings (SSSR count). The monoisotopic (exact) mass is 272 g/mol. The third-order valence-electron chi connectivity index (χ3n) is 2.30. The Morgan fingerprint density at radius 2 is 2.06 bits per heavy atom. The van der Waals surface area contributed by atoms with Gasteiger partial charge in [-0.05, 0) is 26.0 Å². The Kier molecular flexibility index (Phi) is 3.92. The van der Waals surface area contributed by atoms with E-state index in [2.05, 4.69) is 15.0 Å². The molecule has 0 aliphatic carbocycles. The van der Waals surface area contributed by atoms with Crippen molar-refractivity contribution in [2.24, 2.45) is 5.73 Å². The third-order valence-corrected chi connectivity index (χ3v) is 3.91. The van der Waals surface area contributed by atoms with Crippen molar-refractivity contribution < 1.29 is 13.2 Å². The van der Waals surface area contributed by atoms with Crippen molar-refractivity contribution in [1.82, 2.24) is 9.71 Å². The van der Waals surface area contributed by atoms with Crippen LogP contribution in [0.4, 0.5) is 5.69 Å². The van der Waals surface area contributed by atoms with E-state index in [0.717, 1.165) is 0 Å². The lowest BCUT2D eigenvalue weighted by Gasteiger charge is -2.22. The standard InChI is InChI=1S/C10H16N4O3S/c1-10(2,9(11)15)14-18(16,17)8-7(12-3)5-4-6-13-8/h4-6,12,14H,1-3H3,(H2,11,15). The fourth-order valence-corrected chi connectivity index (χ4v) is 2.76. The first-order valence-electron chi connectivity index (χ1n) is 5.17. The van der Waals surface area contributed by atoms with Gasteiger partial charge in [-0.3, -0.25) is 4.79 Å². The number of sulfonamides is 1. The summed E-state index contributed by atoms with van der Waals surface area (Å²) in [5.41, 5.74) is 4.07. The molecule has 1 amide bonds. The molecule has 1 aromatic rings. The van der Waals surface area contributed by atoms with E-state index in [9.17, 15) is 13.2 Å². The van der Waals surface area contributed by atoms with Gasteiger partial charge in [0.15, 0.2) is 5.03 Å². The molecular weight excluding hydrogens is 256 g/mol. The molecule has 0 spiro atoms. The number of carbonyl (C=O) groups is 1. The first-order chi connectivity index (χ1) is 8.20. The van der Waals surface area contributed by atoms with E-state index >= 15 is 0 Å². The number of hydrogen-bond donors (Lipinski definition) is 3. The van der Waals surface area contributed by atoms with E-state index in [0.29, 0.717) is 5.69 Å². The molecule has 0 unspecified atom stereocenters. The number of aromatic nitrogens is 1. The first-order valence-corrected chi connectivity index (χ1v) is 6.65. The predicted molar refractivity (Wildman–Crippen MR) is 67.4 cm³/mol. The average molecular weight is 272 g/mol. The highest BCUT2D eigenvalue weighted by Gasteiger charge is 2.33. The van der Waals surface area contributed by atoms with E-state index in [4.69, 9.17) is 5.73 Å². The van der Waals surface area contributed by atoms with Crippen molar-refractivity contribution in [2.75, 3.05) is 12.4 Å². The molecule has 7 nitrogen and oxygen atoms in total. The summed E-state index contributed by atoms with van der Waals surface area (Å²) in [6, 6.07) is 3.17. The van der Waals surface area contributed by atoms with Crippen LogP contribution in [0.15, 0.2) is 23.4 Å². The number of primary amides is 1. The number of pyridine rings is 1. The zero-order valence-corrected chi connectivity index (χ0v) is 11.2. The molecule has 0 aromatic carbocycles. The van der Waals surface area contributed by atoms with Crippen LogP contribution in [0.3, 0.4) is 0 Å². The maximum Gasteiger partial charge on any atom is 0.261 e. The number of amides is 1. The fraction of sp³-hybridized carbons (Fsp3) is 0.400. The predicted octanol–water partition coefficient (Wildman–Crippen LogP) is -0.334. The van der Waals surface area contributed by atoms with Gasteiger partial charge in [0, 0.05) is 13.2 Å². The second kappa shape index (κ2) is 4.91. The molecule has 0 fully saturated rings. The highest BCUT2D eigenvalue weighted by atomic mass is 32.2. The molecule has 0 aliphatic rings. The number of anilines is 1. The van der Waals surface area contributed by atoms with Crippen molar-refractivity contribution in [3.8, 4) is 0 Å². The van der Waals surface area contributed by atoms with Crippen LogP contribution in [0.25, 0.3) is 0 Å². The van der Waals surface area contributed by atoms with Crippen molar-refractivity contribution in [3.05, 3.63) is 18.3 Å². The lowest BCUT2D eigenvalue weighted by atomic mass is 10.1. The maximum absolute atomic E-state index is 12.1. The molecule has 100 valence electrons. The van der Waals surface area contributed by atoms with Gasteiger partial charge in [-0.15, -0.1) is 0 Å². The minimum Gasteiger partial charge on any atom is -0.386 e. The molecular formula is C10H16N4O3S. The van der Waals surface area contributed by atoms with Gasteiger partial charge in [0.25, 0.3) is 10.0 Å². The number of rotatable bonds is 5. The third kappa shape index (κ3) is 2.96. The summed E-state index contributed by atoms with van der Waals surface area (Å²) in [5.74, 6) is -0.770. The van der Waals surface area contributed by atoms with Gasteiger partial charge < -0.3 is 11.1 Å². The average Bonchev–Trinajstić information content (AvgIpc) is 2.27. The normalized spacial score (nSPS) is 12.2. The van der Waals surface area contributed by atoms with Crippen molar-refractivity contribution in [3.63, 3.8) is 0 Å². The molecule has 4 N–H and O–H groups in total. The molecule has 8 heteroatoms. The van der Waals surface area contributed by atoms with Crippen LogP contribution in [-0.4, -0.2) is 31.9 Å². The zero-order valence-electron chi connectivity index (χ0n) is 10.4.